The minimum atomic E-state index is 0.874. The summed E-state index contributed by atoms with van der Waals surface area (Å²) in [6, 6.07) is 3.93. The lowest BCUT2D eigenvalue weighted by atomic mass is 10.5. The number of hydrogen-bond acceptors (Lipinski definition) is 3. The van der Waals surface area contributed by atoms with Gasteiger partial charge in [-0.25, -0.2) is 0 Å². The van der Waals surface area contributed by atoms with Gasteiger partial charge in [0.1, 0.15) is 0 Å². The summed E-state index contributed by atoms with van der Waals surface area (Å²) in [5.74, 6) is 0. The molecule has 3 heteroatoms. The lowest BCUT2D eigenvalue weighted by molar-refractivity contribution is 0.984. The maximum Gasteiger partial charge on any atom is 0.0904 e. The molecule has 0 radical (unpaired) electrons. The van der Waals surface area contributed by atoms with E-state index in [1.807, 2.05) is 12.1 Å². The molecule has 0 aromatic carbocycles. The third-order valence-electron chi connectivity index (χ3n) is 1.18. The number of nitrogens with two attached hydrogens (primary N) is 1. The van der Waals surface area contributed by atoms with E-state index in [9.17, 15) is 0 Å². The Morgan fingerprint density at radius 2 is 2.40 bits per heavy atom. The number of nitrogens with one attached hydrogen (secondary N) is 1. The van der Waals surface area contributed by atoms with Gasteiger partial charge in [-0.2, -0.15) is 0 Å². The Labute approximate surface area is 65.1 Å². The standard InChI is InChI=1S/C7H12N2S/c1-2-5-9-7-4-3-6(8)10-7/h3-4,9H,2,5,8H2,1H3. The molecule has 0 amide bonds. The minimum absolute atomic E-state index is 0.874. The van der Waals surface area contributed by atoms with E-state index < -0.39 is 0 Å². The summed E-state index contributed by atoms with van der Waals surface area (Å²) in [4.78, 5) is 0. The zero-order valence-electron chi connectivity index (χ0n) is 6.05. The molecule has 0 aliphatic carbocycles. The van der Waals surface area contributed by atoms with Crippen molar-refractivity contribution in [2.24, 2.45) is 0 Å². The number of anilines is 2. The number of rotatable bonds is 3. The molecule has 0 spiro atoms. The van der Waals surface area contributed by atoms with Gasteiger partial charge in [0, 0.05) is 6.54 Å². The Balaban J connectivity index is 2.42. The van der Waals surface area contributed by atoms with E-state index in [1.165, 1.54) is 5.00 Å². The average molecular weight is 156 g/mol. The smallest absolute Gasteiger partial charge is 0.0904 e. The van der Waals surface area contributed by atoms with Crippen molar-refractivity contribution in [1.82, 2.24) is 0 Å². The van der Waals surface area contributed by atoms with Gasteiger partial charge in [0.2, 0.25) is 0 Å². The molecule has 1 aromatic rings. The number of hydrogen-bond donors (Lipinski definition) is 2. The second-order valence-corrected chi connectivity index (χ2v) is 3.24. The van der Waals surface area contributed by atoms with Gasteiger partial charge in [-0.1, -0.05) is 6.92 Å². The molecule has 0 atom stereocenters. The van der Waals surface area contributed by atoms with Crippen LogP contribution >= 0.6 is 11.3 Å². The molecule has 0 unspecified atom stereocenters. The fourth-order valence-electron chi connectivity index (χ4n) is 0.696. The van der Waals surface area contributed by atoms with Crippen LogP contribution in [0.4, 0.5) is 10.0 Å². The van der Waals surface area contributed by atoms with Crippen LogP contribution in [0.5, 0.6) is 0 Å². The van der Waals surface area contributed by atoms with Gasteiger partial charge in [0.15, 0.2) is 0 Å². The quantitative estimate of drug-likeness (QED) is 0.703. The topological polar surface area (TPSA) is 38.0 Å². The van der Waals surface area contributed by atoms with E-state index in [-0.39, 0.29) is 0 Å². The second-order valence-electron chi connectivity index (χ2n) is 2.13. The van der Waals surface area contributed by atoms with Crippen molar-refractivity contribution in [3.05, 3.63) is 12.1 Å². The van der Waals surface area contributed by atoms with Crippen LogP contribution in [-0.2, 0) is 0 Å². The van der Waals surface area contributed by atoms with Gasteiger partial charge in [-0.15, -0.1) is 11.3 Å². The molecule has 0 saturated heterocycles. The van der Waals surface area contributed by atoms with Crippen LogP contribution < -0.4 is 11.1 Å². The first-order valence-electron chi connectivity index (χ1n) is 3.42. The third-order valence-corrected chi connectivity index (χ3v) is 2.05. The van der Waals surface area contributed by atoms with Crippen LogP contribution in [0.1, 0.15) is 13.3 Å². The fraction of sp³-hybridized carbons (Fsp3) is 0.429. The molecule has 56 valence electrons. The molecule has 1 rings (SSSR count). The monoisotopic (exact) mass is 156 g/mol. The number of thiophene rings is 1. The predicted octanol–water partition coefficient (Wildman–Crippen LogP) is 2.15. The molecular weight excluding hydrogens is 144 g/mol. The highest BCUT2D eigenvalue weighted by Crippen LogP contribution is 2.22. The Hall–Kier alpha value is -0.700. The Kier molecular flexibility index (Phi) is 2.57. The molecule has 0 bridgehead atoms. The number of nitrogen functional groups attached to an aromatic ring is 1. The van der Waals surface area contributed by atoms with Gasteiger partial charge in [-0.05, 0) is 18.6 Å². The predicted molar refractivity (Wildman–Crippen MR) is 47.5 cm³/mol. The van der Waals surface area contributed by atoms with Crippen LogP contribution in [0.15, 0.2) is 12.1 Å². The average Bonchev–Trinajstić information content (AvgIpc) is 2.31. The van der Waals surface area contributed by atoms with Crippen LogP contribution in [-0.4, -0.2) is 6.54 Å². The van der Waals surface area contributed by atoms with E-state index in [0.717, 1.165) is 18.0 Å². The minimum Gasteiger partial charge on any atom is -0.391 e. The largest absolute Gasteiger partial charge is 0.391 e. The van der Waals surface area contributed by atoms with E-state index in [1.54, 1.807) is 11.3 Å². The molecular formula is C7H12N2S. The zero-order valence-corrected chi connectivity index (χ0v) is 6.87. The van der Waals surface area contributed by atoms with Crippen molar-refractivity contribution in [3.8, 4) is 0 Å². The SMILES string of the molecule is CCCNc1ccc(N)s1. The molecule has 0 fully saturated rings. The van der Waals surface area contributed by atoms with Crippen molar-refractivity contribution >= 4 is 21.3 Å². The second kappa shape index (κ2) is 3.46. The van der Waals surface area contributed by atoms with Crippen molar-refractivity contribution in [2.75, 3.05) is 17.6 Å². The van der Waals surface area contributed by atoms with E-state index >= 15 is 0 Å². The first-order valence-corrected chi connectivity index (χ1v) is 4.23. The Morgan fingerprint density at radius 3 is 2.90 bits per heavy atom. The van der Waals surface area contributed by atoms with Crippen LogP contribution in [0, 0.1) is 0 Å². The van der Waals surface area contributed by atoms with E-state index in [4.69, 9.17) is 5.73 Å². The lowest BCUT2D eigenvalue weighted by Gasteiger charge is -1.97. The highest BCUT2D eigenvalue weighted by atomic mass is 32.1. The van der Waals surface area contributed by atoms with Crippen molar-refractivity contribution in [2.45, 2.75) is 13.3 Å². The first kappa shape index (κ1) is 7.41. The zero-order chi connectivity index (χ0) is 7.40. The van der Waals surface area contributed by atoms with Gasteiger partial charge in [0.25, 0.3) is 0 Å². The first-order chi connectivity index (χ1) is 4.83. The molecule has 10 heavy (non-hydrogen) atoms. The van der Waals surface area contributed by atoms with Crippen LogP contribution in [0.3, 0.4) is 0 Å². The molecule has 1 aromatic heterocycles. The van der Waals surface area contributed by atoms with E-state index in [2.05, 4.69) is 12.2 Å². The van der Waals surface area contributed by atoms with Gasteiger partial charge >= 0.3 is 0 Å². The van der Waals surface area contributed by atoms with Gasteiger partial charge in [0.05, 0.1) is 10.0 Å². The summed E-state index contributed by atoms with van der Waals surface area (Å²) < 4.78 is 0. The molecule has 0 saturated carbocycles. The fourth-order valence-corrected chi connectivity index (χ4v) is 1.40. The molecule has 1 heterocycles. The molecule has 3 N–H and O–H groups in total. The maximum atomic E-state index is 5.53. The lowest BCUT2D eigenvalue weighted by Crippen LogP contribution is -1.96. The maximum absolute atomic E-state index is 5.53. The summed E-state index contributed by atoms with van der Waals surface area (Å²) in [6.07, 6.45) is 1.15. The van der Waals surface area contributed by atoms with Gasteiger partial charge in [-0.3, -0.25) is 0 Å². The van der Waals surface area contributed by atoms with Crippen molar-refractivity contribution in [1.29, 1.82) is 0 Å². The Bertz CT molecular complexity index is 195. The van der Waals surface area contributed by atoms with Gasteiger partial charge < -0.3 is 11.1 Å². The summed E-state index contributed by atoms with van der Waals surface area (Å²) in [5.41, 5.74) is 5.53. The van der Waals surface area contributed by atoms with Crippen LogP contribution in [0.25, 0.3) is 0 Å². The Morgan fingerprint density at radius 1 is 1.60 bits per heavy atom. The summed E-state index contributed by atoms with van der Waals surface area (Å²) in [5, 5.41) is 5.29. The van der Waals surface area contributed by atoms with E-state index in [0.29, 0.717) is 0 Å². The highest BCUT2D eigenvalue weighted by molar-refractivity contribution is 7.19. The third kappa shape index (κ3) is 1.92. The highest BCUT2D eigenvalue weighted by Gasteiger charge is 1.92. The van der Waals surface area contributed by atoms with Crippen LogP contribution in [0.2, 0.25) is 0 Å². The van der Waals surface area contributed by atoms with Crippen molar-refractivity contribution < 1.29 is 0 Å². The summed E-state index contributed by atoms with van der Waals surface area (Å²) in [7, 11) is 0. The van der Waals surface area contributed by atoms with Crippen molar-refractivity contribution in [3.63, 3.8) is 0 Å². The summed E-state index contributed by atoms with van der Waals surface area (Å²) in [6.45, 7) is 3.17. The molecule has 0 aliphatic heterocycles. The molecule has 0 aliphatic rings. The summed E-state index contributed by atoms with van der Waals surface area (Å²) >= 11 is 1.59. The molecule has 2 nitrogen and oxygen atoms in total. The normalized spacial score (nSPS) is 9.70.